The molecule has 1 spiro atoms. The molecular formula is C27H42N2O5S. The Balaban J connectivity index is 2.14. The molecule has 2 bridgehead atoms. The number of ether oxygens (including phenoxy) is 1. The smallest absolute Gasteiger partial charge is 0.311 e. The highest BCUT2D eigenvalue weighted by Gasteiger charge is 2.78. The molecule has 0 aromatic rings. The maximum Gasteiger partial charge on any atom is 0.311 e. The van der Waals surface area contributed by atoms with E-state index in [4.69, 9.17) is 4.74 Å². The van der Waals surface area contributed by atoms with E-state index in [1.54, 1.807) is 22.7 Å². The molecule has 7 atom stereocenters. The van der Waals surface area contributed by atoms with E-state index in [1.807, 2.05) is 32.6 Å². The van der Waals surface area contributed by atoms with E-state index in [0.29, 0.717) is 13.0 Å². The highest BCUT2D eigenvalue weighted by molar-refractivity contribution is 8.02. The molecule has 0 aromatic carbocycles. The first-order valence-electron chi connectivity index (χ1n) is 12.9. The summed E-state index contributed by atoms with van der Waals surface area (Å²) in [5, 5.41) is 10.3. The molecule has 3 fully saturated rings. The van der Waals surface area contributed by atoms with Crippen LogP contribution in [0, 0.1) is 17.8 Å². The Morgan fingerprint density at radius 3 is 2.51 bits per heavy atom. The summed E-state index contributed by atoms with van der Waals surface area (Å²) in [5.74, 6) is -2.08. The average molecular weight is 507 g/mol. The van der Waals surface area contributed by atoms with Crippen molar-refractivity contribution in [3.63, 3.8) is 0 Å². The molecule has 1 N–H and O–H groups in total. The van der Waals surface area contributed by atoms with E-state index in [9.17, 15) is 19.5 Å². The van der Waals surface area contributed by atoms with Crippen LogP contribution in [0.3, 0.4) is 0 Å². The molecule has 196 valence electrons. The third-order valence-electron chi connectivity index (χ3n) is 8.21. The molecule has 7 nitrogen and oxygen atoms in total. The van der Waals surface area contributed by atoms with Crippen LogP contribution in [0.5, 0.6) is 0 Å². The second kappa shape index (κ2) is 10.7. The number of nitrogens with zero attached hydrogens (tertiary/aromatic N) is 2. The molecule has 3 heterocycles. The maximum absolute atomic E-state index is 14.4. The Labute approximate surface area is 214 Å². The van der Waals surface area contributed by atoms with Crippen LogP contribution in [0.25, 0.3) is 0 Å². The van der Waals surface area contributed by atoms with Crippen LogP contribution in [0.4, 0.5) is 0 Å². The SMILES string of the molecule is C=CCOC(=O)[C@H]1[C@H]2C(=O)N([C@@H](CO)C(C)C)C(C(=O)N(CC=C)C(C)CCC)C23CC[C@]1(C)S3. The molecule has 8 heteroatoms. The molecule has 3 saturated heterocycles. The van der Waals surface area contributed by atoms with Crippen molar-refractivity contribution in [2.45, 2.75) is 87.9 Å². The molecule has 0 radical (unpaired) electrons. The van der Waals surface area contributed by atoms with Gasteiger partial charge in [-0.2, -0.15) is 0 Å². The molecule has 0 aliphatic carbocycles. The summed E-state index contributed by atoms with van der Waals surface area (Å²) in [4.78, 5) is 45.3. The Kier molecular flexibility index (Phi) is 8.47. The van der Waals surface area contributed by atoms with Gasteiger partial charge in [0.1, 0.15) is 12.6 Å². The number of hydrogen-bond donors (Lipinski definition) is 1. The number of hydrogen-bond acceptors (Lipinski definition) is 6. The first kappa shape index (κ1) is 27.8. The maximum atomic E-state index is 14.4. The molecule has 3 aliphatic heterocycles. The highest BCUT2D eigenvalue weighted by Crippen LogP contribution is 2.72. The fraction of sp³-hybridized carbons (Fsp3) is 0.741. The van der Waals surface area contributed by atoms with Crippen LogP contribution in [0.15, 0.2) is 25.3 Å². The fourth-order valence-electron chi connectivity index (χ4n) is 6.57. The van der Waals surface area contributed by atoms with Crippen LogP contribution in [0.1, 0.15) is 60.3 Å². The lowest BCUT2D eigenvalue weighted by molar-refractivity contribution is -0.155. The molecule has 0 aromatic heterocycles. The molecule has 3 unspecified atom stereocenters. The van der Waals surface area contributed by atoms with Crippen molar-refractivity contribution in [1.82, 2.24) is 9.80 Å². The van der Waals surface area contributed by atoms with Gasteiger partial charge >= 0.3 is 5.97 Å². The van der Waals surface area contributed by atoms with Crippen molar-refractivity contribution >= 4 is 29.5 Å². The minimum atomic E-state index is -0.747. The number of carbonyl (C=O) groups excluding carboxylic acids is 3. The molecule has 0 saturated carbocycles. The van der Waals surface area contributed by atoms with Crippen molar-refractivity contribution < 1.29 is 24.2 Å². The van der Waals surface area contributed by atoms with E-state index in [2.05, 4.69) is 20.1 Å². The number of rotatable bonds is 12. The number of amides is 2. The first-order valence-corrected chi connectivity index (χ1v) is 13.7. The van der Waals surface area contributed by atoms with Crippen LogP contribution in [-0.4, -0.2) is 80.1 Å². The van der Waals surface area contributed by atoms with Gasteiger partial charge in [0.15, 0.2) is 0 Å². The summed E-state index contributed by atoms with van der Waals surface area (Å²) < 4.78 is 4.26. The lowest BCUT2D eigenvalue weighted by Crippen LogP contribution is -2.59. The first-order chi connectivity index (χ1) is 16.5. The average Bonchev–Trinajstić information content (AvgIpc) is 3.37. The fourth-order valence-corrected chi connectivity index (χ4v) is 8.89. The van der Waals surface area contributed by atoms with E-state index < -0.39 is 39.4 Å². The predicted molar refractivity (Wildman–Crippen MR) is 139 cm³/mol. The molecule has 3 aliphatic rings. The van der Waals surface area contributed by atoms with Crippen molar-refractivity contribution in [3.05, 3.63) is 25.3 Å². The normalized spacial score (nSPS) is 32.9. The van der Waals surface area contributed by atoms with Gasteiger partial charge in [-0.25, -0.2) is 0 Å². The van der Waals surface area contributed by atoms with Gasteiger partial charge in [-0.3, -0.25) is 14.4 Å². The Morgan fingerprint density at radius 2 is 1.97 bits per heavy atom. The topological polar surface area (TPSA) is 87.1 Å². The standard InChI is InChI=1S/C27H42N2O5S/c1-8-11-18(6)28(14-9-2)24(32)22-27-13-12-26(7,35-27)21(25(33)34-15-10-3)20(27)23(31)29(22)19(16-30)17(4)5/h9-10,17-22,30H,2-3,8,11-16H2,1,4-7H3/t18?,19-,20-,21+,22?,26-,27?/m0/s1. The Bertz CT molecular complexity index is 863. The van der Waals surface area contributed by atoms with Crippen LogP contribution in [0.2, 0.25) is 0 Å². The quantitative estimate of drug-likeness (QED) is 0.322. The van der Waals surface area contributed by atoms with E-state index >= 15 is 0 Å². The number of carbonyl (C=O) groups is 3. The molecule has 2 amide bonds. The van der Waals surface area contributed by atoms with Crippen molar-refractivity contribution in [3.8, 4) is 0 Å². The van der Waals surface area contributed by atoms with E-state index in [-0.39, 0.29) is 37.0 Å². The number of likely N-dealkylation sites (tertiary alicyclic amines) is 1. The summed E-state index contributed by atoms with van der Waals surface area (Å²) in [6.07, 6.45) is 6.41. The molecular weight excluding hydrogens is 464 g/mol. The number of thioether (sulfide) groups is 1. The van der Waals surface area contributed by atoms with Gasteiger partial charge in [-0.05, 0) is 39.0 Å². The second-order valence-electron chi connectivity index (χ2n) is 10.8. The van der Waals surface area contributed by atoms with Crippen LogP contribution in [-0.2, 0) is 19.1 Å². The summed E-state index contributed by atoms with van der Waals surface area (Å²) >= 11 is 1.62. The number of aliphatic hydroxyl groups excluding tert-OH is 1. The number of aliphatic hydroxyl groups is 1. The summed E-state index contributed by atoms with van der Waals surface area (Å²) in [7, 11) is 0. The van der Waals surface area contributed by atoms with Gasteiger partial charge in [-0.15, -0.1) is 18.3 Å². The zero-order chi connectivity index (χ0) is 26.1. The Morgan fingerprint density at radius 1 is 1.29 bits per heavy atom. The van der Waals surface area contributed by atoms with E-state index in [0.717, 1.165) is 19.3 Å². The summed E-state index contributed by atoms with van der Waals surface area (Å²) in [6, 6.07) is -1.28. The van der Waals surface area contributed by atoms with Crippen LogP contribution < -0.4 is 0 Å². The second-order valence-corrected chi connectivity index (χ2v) is 12.7. The highest BCUT2D eigenvalue weighted by atomic mass is 32.2. The van der Waals surface area contributed by atoms with Gasteiger partial charge in [0.05, 0.1) is 29.2 Å². The van der Waals surface area contributed by atoms with Crippen molar-refractivity contribution in [2.75, 3.05) is 19.8 Å². The Hall–Kier alpha value is -1.80. The largest absolute Gasteiger partial charge is 0.461 e. The van der Waals surface area contributed by atoms with Crippen molar-refractivity contribution in [2.24, 2.45) is 17.8 Å². The lowest BCUT2D eigenvalue weighted by Gasteiger charge is -2.42. The third kappa shape index (κ3) is 4.45. The molecule has 35 heavy (non-hydrogen) atoms. The minimum absolute atomic E-state index is 0.0166. The lowest BCUT2D eigenvalue weighted by atomic mass is 9.66. The van der Waals surface area contributed by atoms with Gasteiger partial charge in [0, 0.05) is 17.3 Å². The predicted octanol–water partition coefficient (Wildman–Crippen LogP) is 3.42. The van der Waals surface area contributed by atoms with Gasteiger partial charge in [0.2, 0.25) is 11.8 Å². The molecule has 3 rings (SSSR count). The minimum Gasteiger partial charge on any atom is -0.461 e. The monoisotopic (exact) mass is 506 g/mol. The van der Waals surface area contributed by atoms with Crippen LogP contribution >= 0.6 is 11.8 Å². The zero-order valence-electron chi connectivity index (χ0n) is 21.9. The zero-order valence-corrected chi connectivity index (χ0v) is 22.7. The van der Waals surface area contributed by atoms with Gasteiger partial charge in [0.25, 0.3) is 0 Å². The summed E-state index contributed by atoms with van der Waals surface area (Å²) in [6.45, 7) is 17.8. The van der Waals surface area contributed by atoms with Crippen molar-refractivity contribution in [1.29, 1.82) is 0 Å². The van der Waals surface area contributed by atoms with Gasteiger partial charge in [-0.1, -0.05) is 45.9 Å². The number of fused-ring (bicyclic) bond motifs is 1. The van der Waals surface area contributed by atoms with E-state index in [1.165, 1.54) is 6.08 Å². The number of esters is 1. The summed E-state index contributed by atoms with van der Waals surface area (Å²) in [5.41, 5.74) is 0. The van der Waals surface area contributed by atoms with Gasteiger partial charge < -0.3 is 19.6 Å². The third-order valence-corrected chi connectivity index (χ3v) is 10.2.